The molecule has 0 saturated carbocycles. The second-order valence-corrected chi connectivity index (χ2v) is 5.25. The lowest BCUT2D eigenvalue weighted by Crippen LogP contribution is -2.18. The molecule has 4 heteroatoms. The fourth-order valence-electron chi connectivity index (χ4n) is 1.81. The second-order valence-electron chi connectivity index (χ2n) is 4.41. The molecule has 2 aromatic carbocycles. The summed E-state index contributed by atoms with van der Waals surface area (Å²) in [5.74, 6) is -0.392. The zero-order valence-electron chi connectivity index (χ0n) is 10.5. The van der Waals surface area contributed by atoms with Gasteiger partial charge in [-0.2, -0.15) is 0 Å². The van der Waals surface area contributed by atoms with Crippen LogP contribution >= 0.6 is 23.2 Å². The van der Waals surface area contributed by atoms with Gasteiger partial charge in [-0.3, -0.25) is 0 Å². The quantitative estimate of drug-likeness (QED) is 0.839. The highest BCUT2D eigenvalue weighted by Gasteiger charge is 2.06. The Morgan fingerprint density at radius 1 is 1.16 bits per heavy atom. The van der Waals surface area contributed by atoms with Gasteiger partial charge >= 0.3 is 0 Å². The van der Waals surface area contributed by atoms with E-state index in [2.05, 4.69) is 5.32 Å². The molecule has 0 aliphatic carbocycles. The van der Waals surface area contributed by atoms with E-state index >= 15 is 0 Å². The molecule has 0 aliphatic heterocycles. The minimum absolute atomic E-state index is 0.137. The Hall–Kier alpha value is -1.09. The SMILES string of the molecule is C[C@@H](NCc1ccc(Cl)c(F)c1)c1cccc(Cl)c1. The third kappa shape index (κ3) is 3.93. The molecule has 19 heavy (non-hydrogen) atoms. The average Bonchev–Trinajstić information content (AvgIpc) is 2.40. The van der Waals surface area contributed by atoms with Gasteiger partial charge in [0.15, 0.2) is 0 Å². The molecule has 2 aromatic rings. The Morgan fingerprint density at radius 2 is 1.95 bits per heavy atom. The summed E-state index contributed by atoms with van der Waals surface area (Å²) in [5, 5.41) is 4.18. The number of halogens is 3. The molecule has 2 rings (SSSR count). The van der Waals surface area contributed by atoms with Gasteiger partial charge in [-0.15, -0.1) is 0 Å². The van der Waals surface area contributed by atoms with Crippen LogP contribution in [0.25, 0.3) is 0 Å². The summed E-state index contributed by atoms with van der Waals surface area (Å²) in [5.41, 5.74) is 1.96. The van der Waals surface area contributed by atoms with Crippen molar-refractivity contribution in [1.29, 1.82) is 0 Å². The van der Waals surface area contributed by atoms with Crippen LogP contribution in [0.3, 0.4) is 0 Å². The zero-order valence-corrected chi connectivity index (χ0v) is 12.0. The van der Waals surface area contributed by atoms with Gasteiger partial charge in [-0.1, -0.05) is 41.4 Å². The molecule has 100 valence electrons. The summed E-state index contributed by atoms with van der Waals surface area (Å²) in [6, 6.07) is 12.6. The highest BCUT2D eigenvalue weighted by Crippen LogP contribution is 2.19. The van der Waals surface area contributed by atoms with Crippen molar-refractivity contribution in [3.05, 3.63) is 69.5 Å². The largest absolute Gasteiger partial charge is 0.306 e. The van der Waals surface area contributed by atoms with E-state index in [1.54, 1.807) is 6.07 Å². The third-order valence-electron chi connectivity index (χ3n) is 2.95. The van der Waals surface area contributed by atoms with Gasteiger partial charge in [0, 0.05) is 17.6 Å². The number of hydrogen-bond acceptors (Lipinski definition) is 1. The average molecular weight is 298 g/mol. The first-order valence-corrected chi connectivity index (χ1v) is 6.74. The Labute approximate surface area is 122 Å². The van der Waals surface area contributed by atoms with Crippen molar-refractivity contribution >= 4 is 23.2 Å². The molecular formula is C15H14Cl2FN. The van der Waals surface area contributed by atoms with Crippen LogP contribution in [0.4, 0.5) is 4.39 Å². The zero-order chi connectivity index (χ0) is 13.8. The smallest absolute Gasteiger partial charge is 0.142 e. The number of benzene rings is 2. The highest BCUT2D eigenvalue weighted by molar-refractivity contribution is 6.30. The lowest BCUT2D eigenvalue weighted by atomic mass is 10.1. The molecule has 0 amide bonds. The van der Waals surface area contributed by atoms with Crippen LogP contribution in [0.2, 0.25) is 10.0 Å². The van der Waals surface area contributed by atoms with Crippen molar-refractivity contribution in [1.82, 2.24) is 5.32 Å². The Bertz CT molecular complexity index is 572. The molecule has 0 unspecified atom stereocenters. The van der Waals surface area contributed by atoms with E-state index in [0.29, 0.717) is 11.6 Å². The molecule has 0 fully saturated rings. The summed E-state index contributed by atoms with van der Waals surface area (Å²) in [7, 11) is 0. The molecule has 1 nitrogen and oxygen atoms in total. The van der Waals surface area contributed by atoms with Crippen LogP contribution < -0.4 is 5.32 Å². The number of nitrogens with one attached hydrogen (secondary N) is 1. The summed E-state index contributed by atoms with van der Waals surface area (Å²) < 4.78 is 13.3. The van der Waals surface area contributed by atoms with Crippen LogP contribution in [0.5, 0.6) is 0 Å². The summed E-state index contributed by atoms with van der Waals surface area (Å²) >= 11 is 11.6. The fourth-order valence-corrected chi connectivity index (χ4v) is 2.13. The van der Waals surface area contributed by atoms with E-state index in [1.165, 1.54) is 6.07 Å². The molecule has 0 aromatic heterocycles. The molecule has 1 N–H and O–H groups in total. The van der Waals surface area contributed by atoms with Crippen molar-refractivity contribution in [2.24, 2.45) is 0 Å². The Kier molecular flexibility index (Phi) is 4.81. The predicted molar refractivity (Wildman–Crippen MR) is 78.1 cm³/mol. The number of rotatable bonds is 4. The molecule has 1 atom stereocenters. The van der Waals surface area contributed by atoms with Crippen molar-refractivity contribution in [2.45, 2.75) is 19.5 Å². The van der Waals surface area contributed by atoms with Gasteiger partial charge in [0.2, 0.25) is 0 Å². The second kappa shape index (κ2) is 6.38. The summed E-state index contributed by atoms with van der Waals surface area (Å²) in [4.78, 5) is 0. The molecular weight excluding hydrogens is 284 g/mol. The van der Waals surface area contributed by atoms with Crippen molar-refractivity contribution in [3.63, 3.8) is 0 Å². The standard InChI is InChI=1S/C15H14Cl2FN/c1-10(12-3-2-4-13(16)8-12)19-9-11-5-6-14(17)15(18)7-11/h2-8,10,19H,9H2,1H3/t10-/m1/s1. The molecule has 0 saturated heterocycles. The van der Waals surface area contributed by atoms with E-state index in [4.69, 9.17) is 23.2 Å². The lowest BCUT2D eigenvalue weighted by molar-refractivity contribution is 0.569. The van der Waals surface area contributed by atoms with Gasteiger partial charge < -0.3 is 5.32 Å². The van der Waals surface area contributed by atoms with Crippen LogP contribution in [0.15, 0.2) is 42.5 Å². The molecule has 0 aliphatic rings. The van der Waals surface area contributed by atoms with Gasteiger partial charge in [0.25, 0.3) is 0 Å². The lowest BCUT2D eigenvalue weighted by Gasteiger charge is -2.14. The van der Waals surface area contributed by atoms with Gasteiger partial charge in [0.05, 0.1) is 5.02 Å². The monoisotopic (exact) mass is 297 g/mol. The molecule has 0 heterocycles. The van der Waals surface area contributed by atoms with Crippen molar-refractivity contribution in [3.8, 4) is 0 Å². The first kappa shape index (κ1) is 14.3. The normalized spacial score (nSPS) is 12.4. The van der Waals surface area contributed by atoms with Gasteiger partial charge in [-0.25, -0.2) is 4.39 Å². The minimum atomic E-state index is -0.392. The van der Waals surface area contributed by atoms with E-state index in [9.17, 15) is 4.39 Å². The maximum atomic E-state index is 13.3. The summed E-state index contributed by atoms with van der Waals surface area (Å²) in [6.45, 7) is 2.61. The summed E-state index contributed by atoms with van der Waals surface area (Å²) in [6.07, 6.45) is 0. The third-order valence-corrected chi connectivity index (χ3v) is 3.49. The molecule has 0 bridgehead atoms. The maximum Gasteiger partial charge on any atom is 0.142 e. The van der Waals surface area contributed by atoms with E-state index in [0.717, 1.165) is 11.1 Å². The Morgan fingerprint density at radius 3 is 2.63 bits per heavy atom. The Balaban J connectivity index is 2.00. The van der Waals surface area contributed by atoms with Gasteiger partial charge in [-0.05, 0) is 42.3 Å². The first-order chi connectivity index (χ1) is 9.06. The van der Waals surface area contributed by atoms with E-state index in [1.807, 2.05) is 37.3 Å². The maximum absolute atomic E-state index is 13.3. The van der Waals surface area contributed by atoms with Crippen LogP contribution in [0, 0.1) is 5.82 Å². The fraction of sp³-hybridized carbons (Fsp3) is 0.200. The van der Waals surface area contributed by atoms with Crippen LogP contribution in [-0.2, 0) is 6.54 Å². The van der Waals surface area contributed by atoms with E-state index < -0.39 is 5.82 Å². The molecule has 0 spiro atoms. The topological polar surface area (TPSA) is 12.0 Å². The first-order valence-electron chi connectivity index (χ1n) is 5.99. The van der Waals surface area contributed by atoms with Crippen molar-refractivity contribution in [2.75, 3.05) is 0 Å². The predicted octanol–water partition coefficient (Wildman–Crippen LogP) is 4.98. The number of hydrogen-bond donors (Lipinski definition) is 1. The van der Waals surface area contributed by atoms with Gasteiger partial charge in [0.1, 0.15) is 5.82 Å². The molecule has 0 radical (unpaired) electrons. The minimum Gasteiger partial charge on any atom is -0.306 e. The van der Waals surface area contributed by atoms with E-state index in [-0.39, 0.29) is 11.1 Å². The highest BCUT2D eigenvalue weighted by atomic mass is 35.5. The van der Waals surface area contributed by atoms with Crippen molar-refractivity contribution < 1.29 is 4.39 Å². The van der Waals surface area contributed by atoms with Crippen LogP contribution in [0.1, 0.15) is 24.1 Å². The van der Waals surface area contributed by atoms with Crippen LogP contribution in [-0.4, -0.2) is 0 Å².